The van der Waals surface area contributed by atoms with Crippen LogP contribution in [0, 0.1) is 0 Å². The van der Waals surface area contributed by atoms with Crippen molar-refractivity contribution in [1.29, 1.82) is 0 Å². The number of amides is 2. The summed E-state index contributed by atoms with van der Waals surface area (Å²) in [5.74, 6) is 1.65. The first kappa shape index (κ1) is 20.8. The third-order valence-electron chi connectivity index (χ3n) is 4.70. The van der Waals surface area contributed by atoms with Gasteiger partial charge in [-0.3, -0.25) is 14.5 Å². The van der Waals surface area contributed by atoms with Crippen molar-refractivity contribution in [2.75, 3.05) is 48.5 Å². The molecule has 1 N–H and O–H groups in total. The Morgan fingerprint density at radius 1 is 1.11 bits per heavy atom. The first-order chi connectivity index (χ1) is 12.9. The normalized spacial score (nSPS) is 16.7. The van der Waals surface area contributed by atoms with Crippen LogP contribution in [-0.2, 0) is 16.1 Å². The Hall–Kier alpha value is -2.48. The van der Waals surface area contributed by atoms with Crippen molar-refractivity contribution in [2.24, 2.45) is 0 Å². The molecule has 1 atom stereocenters. The van der Waals surface area contributed by atoms with E-state index in [1.807, 2.05) is 4.90 Å². The van der Waals surface area contributed by atoms with Crippen molar-refractivity contribution in [1.82, 2.24) is 15.1 Å². The van der Waals surface area contributed by atoms with E-state index in [4.69, 9.17) is 14.2 Å². The van der Waals surface area contributed by atoms with E-state index in [1.54, 1.807) is 52.5 Å². The fourth-order valence-corrected chi connectivity index (χ4v) is 3.26. The van der Waals surface area contributed by atoms with Gasteiger partial charge in [0.15, 0.2) is 11.5 Å². The summed E-state index contributed by atoms with van der Waals surface area (Å²) >= 11 is 0. The van der Waals surface area contributed by atoms with Crippen LogP contribution in [0.25, 0.3) is 0 Å². The third-order valence-corrected chi connectivity index (χ3v) is 4.70. The minimum absolute atomic E-state index is 0.0434. The summed E-state index contributed by atoms with van der Waals surface area (Å²) in [5.41, 5.74) is 0.783. The monoisotopic (exact) mass is 379 g/mol. The van der Waals surface area contributed by atoms with Crippen LogP contribution in [0.4, 0.5) is 0 Å². The molecule has 1 aliphatic heterocycles. The lowest BCUT2D eigenvalue weighted by Gasteiger charge is -2.25. The number of carbonyl (C=O) groups is 2. The minimum atomic E-state index is -0.221. The van der Waals surface area contributed by atoms with Crippen LogP contribution in [0.3, 0.4) is 0 Å². The molecule has 0 radical (unpaired) electrons. The summed E-state index contributed by atoms with van der Waals surface area (Å²) < 4.78 is 16.0. The molecule has 0 bridgehead atoms. The predicted molar refractivity (Wildman–Crippen MR) is 101 cm³/mol. The van der Waals surface area contributed by atoms with Crippen molar-refractivity contribution < 1.29 is 23.8 Å². The van der Waals surface area contributed by atoms with Gasteiger partial charge in [0.05, 0.1) is 33.9 Å². The van der Waals surface area contributed by atoms with Crippen LogP contribution in [0.15, 0.2) is 12.1 Å². The van der Waals surface area contributed by atoms with Crippen LogP contribution in [0.1, 0.15) is 18.4 Å². The van der Waals surface area contributed by atoms with Gasteiger partial charge >= 0.3 is 0 Å². The molecule has 1 heterocycles. The highest BCUT2D eigenvalue weighted by molar-refractivity contribution is 5.83. The van der Waals surface area contributed by atoms with Crippen molar-refractivity contribution in [3.8, 4) is 17.2 Å². The predicted octanol–water partition coefficient (Wildman–Crippen LogP) is 0.881. The van der Waals surface area contributed by atoms with Crippen LogP contribution in [-0.4, -0.2) is 76.2 Å². The zero-order valence-electron chi connectivity index (χ0n) is 16.7. The number of methoxy groups -OCH3 is 3. The third kappa shape index (κ3) is 5.03. The van der Waals surface area contributed by atoms with E-state index < -0.39 is 0 Å². The molecule has 150 valence electrons. The maximum atomic E-state index is 12.4. The highest BCUT2D eigenvalue weighted by Crippen LogP contribution is 2.34. The summed E-state index contributed by atoms with van der Waals surface area (Å²) in [5, 5.41) is 2.90. The fraction of sp³-hybridized carbons (Fsp3) is 0.579. The van der Waals surface area contributed by atoms with Gasteiger partial charge in [-0.05, 0) is 25.5 Å². The molecule has 0 aliphatic carbocycles. The zero-order valence-corrected chi connectivity index (χ0v) is 16.7. The molecule has 8 heteroatoms. The molecule has 1 saturated heterocycles. The standard InChI is InChI=1S/C19H29N3O5/c1-21(2)19(24)14-7-6-8-22(14)12-18(23)20-11-13-9-16(26-4)17(27-5)10-15(13)25-3/h9-10,14H,6-8,11-12H2,1-5H3,(H,20,23). The number of hydrogen-bond acceptors (Lipinski definition) is 6. The Balaban J connectivity index is 2.00. The number of likely N-dealkylation sites (tertiary alicyclic amines) is 1. The molecule has 1 aromatic carbocycles. The van der Waals surface area contributed by atoms with Gasteiger partial charge in [-0.1, -0.05) is 0 Å². The smallest absolute Gasteiger partial charge is 0.239 e. The number of rotatable bonds is 8. The first-order valence-electron chi connectivity index (χ1n) is 8.92. The highest BCUT2D eigenvalue weighted by atomic mass is 16.5. The van der Waals surface area contributed by atoms with Crippen molar-refractivity contribution in [3.05, 3.63) is 17.7 Å². The molecule has 2 rings (SSSR count). The largest absolute Gasteiger partial charge is 0.496 e. The van der Waals surface area contributed by atoms with Crippen molar-refractivity contribution in [2.45, 2.75) is 25.4 Å². The second-order valence-corrected chi connectivity index (χ2v) is 6.66. The summed E-state index contributed by atoms with van der Waals surface area (Å²) in [4.78, 5) is 28.2. The van der Waals surface area contributed by atoms with Gasteiger partial charge in [0.2, 0.25) is 11.8 Å². The van der Waals surface area contributed by atoms with E-state index in [1.165, 1.54) is 0 Å². The lowest BCUT2D eigenvalue weighted by Crippen LogP contribution is -2.46. The molecule has 27 heavy (non-hydrogen) atoms. The average Bonchev–Trinajstić information content (AvgIpc) is 3.12. The van der Waals surface area contributed by atoms with Crippen molar-refractivity contribution >= 4 is 11.8 Å². The Morgan fingerprint density at radius 3 is 2.33 bits per heavy atom. The number of likely N-dealkylation sites (N-methyl/N-ethyl adjacent to an activating group) is 1. The van der Waals surface area contributed by atoms with E-state index in [9.17, 15) is 9.59 Å². The number of nitrogens with zero attached hydrogens (tertiary/aromatic N) is 2. The molecule has 1 unspecified atom stereocenters. The molecule has 2 amide bonds. The van der Waals surface area contributed by atoms with Gasteiger partial charge in [-0.25, -0.2) is 0 Å². The lowest BCUT2D eigenvalue weighted by atomic mass is 10.1. The molecule has 1 aliphatic rings. The first-order valence-corrected chi connectivity index (χ1v) is 8.92. The lowest BCUT2D eigenvalue weighted by molar-refractivity contribution is -0.134. The highest BCUT2D eigenvalue weighted by Gasteiger charge is 2.32. The minimum Gasteiger partial charge on any atom is -0.496 e. The van der Waals surface area contributed by atoms with Gasteiger partial charge in [-0.15, -0.1) is 0 Å². The van der Waals surface area contributed by atoms with Gasteiger partial charge in [0.1, 0.15) is 5.75 Å². The molecule has 0 saturated carbocycles. The Kier molecular flexibility index (Phi) is 7.29. The molecular weight excluding hydrogens is 350 g/mol. The van der Waals surface area contributed by atoms with Gasteiger partial charge in [-0.2, -0.15) is 0 Å². The summed E-state index contributed by atoms with van der Waals surface area (Å²) in [7, 11) is 8.15. The molecule has 1 fully saturated rings. The molecule has 8 nitrogen and oxygen atoms in total. The maximum Gasteiger partial charge on any atom is 0.239 e. The fourth-order valence-electron chi connectivity index (χ4n) is 3.26. The quantitative estimate of drug-likeness (QED) is 0.722. The van der Waals surface area contributed by atoms with Crippen LogP contribution < -0.4 is 19.5 Å². The van der Waals surface area contributed by atoms with Gasteiger partial charge in [0.25, 0.3) is 0 Å². The topological polar surface area (TPSA) is 80.3 Å². The second kappa shape index (κ2) is 9.45. The molecular formula is C19H29N3O5. The number of ether oxygens (including phenoxy) is 3. The molecule has 0 aromatic heterocycles. The average molecular weight is 379 g/mol. The van der Waals surface area contributed by atoms with Crippen LogP contribution >= 0.6 is 0 Å². The Morgan fingerprint density at radius 2 is 1.74 bits per heavy atom. The Bertz CT molecular complexity index is 678. The van der Waals surface area contributed by atoms with E-state index in [0.717, 1.165) is 24.9 Å². The number of hydrogen-bond donors (Lipinski definition) is 1. The number of benzene rings is 1. The molecule has 1 aromatic rings. The van der Waals surface area contributed by atoms with E-state index >= 15 is 0 Å². The SMILES string of the molecule is COc1cc(OC)c(OC)cc1CNC(=O)CN1CCCC1C(=O)N(C)C. The number of nitrogens with one attached hydrogen (secondary N) is 1. The van der Waals surface area contributed by atoms with Crippen molar-refractivity contribution in [3.63, 3.8) is 0 Å². The summed E-state index contributed by atoms with van der Waals surface area (Å²) in [6.07, 6.45) is 1.70. The second-order valence-electron chi connectivity index (χ2n) is 6.66. The van der Waals surface area contributed by atoms with E-state index in [-0.39, 0.29) is 24.4 Å². The number of carbonyl (C=O) groups excluding carboxylic acids is 2. The Labute approximate surface area is 160 Å². The zero-order chi connectivity index (χ0) is 20.0. The van der Waals surface area contributed by atoms with E-state index in [2.05, 4.69) is 5.32 Å². The van der Waals surface area contributed by atoms with Gasteiger partial charge in [0, 0.05) is 32.3 Å². The summed E-state index contributed by atoms with van der Waals surface area (Å²) in [6.45, 7) is 1.24. The van der Waals surface area contributed by atoms with Crippen LogP contribution in [0.5, 0.6) is 17.2 Å². The van der Waals surface area contributed by atoms with E-state index in [0.29, 0.717) is 23.8 Å². The molecule has 0 spiro atoms. The maximum absolute atomic E-state index is 12.4. The van der Waals surface area contributed by atoms with Gasteiger partial charge < -0.3 is 24.4 Å². The van der Waals surface area contributed by atoms with Crippen LogP contribution in [0.2, 0.25) is 0 Å². The summed E-state index contributed by atoms with van der Waals surface area (Å²) in [6, 6.07) is 3.29.